The highest BCUT2D eigenvalue weighted by molar-refractivity contribution is 6.13. The first-order valence-corrected chi connectivity index (χ1v) is 15.2. The van der Waals surface area contributed by atoms with Gasteiger partial charge in [-0.3, -0.25) is 0 Å². The Hall–Kier alpha value is -7.08. The number of hydrogen-bond donors (Lipinski definition) is 0. The van der Waals surface area contributed by atoms with Gasteiger partial charge in [0.15, 0.2) is 0 Å². The van der Waals surface area contributed by atoms with Crippen molar-refractivity contribution >= 4 is 71.1 Å². The summed E-state index contributed by atoms with van der Waals surface area (Å²) >= 11 is 0. The Labute approximate surface area is 298 Å². The van der Waals surface area contributed by atoms with E-state index in [1.165, 1.54) is 83.4 Å². The van der Waals surface area contributed by atoms with E-state index in [9.17, 15) is 5.26 Å². The third kappa shape index (κ3) is 3.62. The zero-order valence-electron chi connectivity index (χ0n) is 37.2. The van der Waals surface area contributed by atoms with Crippen LogP contribution >= 0.6 is 0 Å². The van der Waals surface area contributed by atoms with E-state index in [1.807, 2.05) is 0 Å². The molecule has 0 saturated heterocycles. The van der Waals surface area contributed by atoms with Gasteiger partial charge < -0.3 is 13.7 Å². The zero-order chi connectivity index (χ0) is 43.1. The number of benzene rings is 7. The van der Waals surface area contributed by atoms with Crippen molar-refractivity contribution < 1.29 is 16.4 Å². The number of fused-ring (bicyclic) bond motifs is 9. The van der Waals surface area contributed by atoms with Crippen LogP contribution in [-0.4, -0.2) is 13.7 Å². The maximum atomic E-state index is 11.5. The molecule has 10 aromatic rings. The van der Waals surface area contributed by atoms with Gasteiger partial charge in [-0.1, -0.05) is 109 Å². The molecule has 0 aliphatic rings. The van der Waals surface area contributed by atoms with E-state index in [2.05, 4.69) is 10.9 Å². The average Bonchev–Trinajstić information content (AvgIpc) is 3.79. The SMILES string of the molecule is [2H]c1cc([2H])c2c3c([2H])cc([2H])cc3n(-c3cc(-n4c5cc([2H])cc([2H])c5c5c([2H])cc([2H])cc54)c([N+]#[C-])c(-n4c5cc([2H])cc([2H])c5c5c([2H])cc([2H])cc54)c3C#N)c2c1. The number of aromatic nitrogens is 3. The average molecular weight is 636 g/mol. The minimum absolute atomic E-state index is 0.0431. The van der Waals surface area contributed by atoms with Crippen LogP contribution in [0.2, 0.25) is 0 Å². The predicted octanol–water partition coefficient (Wildman–Crippen LogP) is 11.4. The van der Waals surface area contributed by atoms with Crippen molar-refractivity contribution in [2.24, 2.45) is 0 Å². The van der Waals surface area contributed by atoms with Gasteiger partial charge in [-0.15, -0.1) is 0 Å². The lowest BCUT2D eigenvalue weighted by atomic mass is 10.1. The minimum Gasteiger partial charge on any atom is -0.319 e. The van der Waals surface area contributed by atoms with Gasteiger partial charge in [0, 0.05) is 32.3 Å². The Balaban J connectivity index is 1.54. The smallest absolute Gasteiger partial charge is 0.235 e. The Morgan fingerprint density at radius 2 is 0.837 bits per heavy atom. The van der Waals surface area contributed by atoms with Crippen LogP contribution in [0.1, 0.15) is 22.0 Å². The van der Waals surface area contributed by atoms with Crippen LogP contribution in [0.5, 0.6) is 0 Å². The largest absolute Gasteiger partial charge is 0.319 e. The maximum absolute atomic E-state index is 11.5. The molecule has 0 N–H and O–H groups in total. The van der Waals surface area contributed by atoms with Crippen molar-refractivity contribution in [2.75, 3.05) is 0 Å². The van der Waals surface area contributed by atoms with Crippen LogP contribution in [0.15, 0.2) is 151 Å². The topological polar surface area (TPSA) is 42.9 Å². The molecule has 0 fully saturated rings. The van der Waals surface area contributed by atoms with Gasteiger partial charge in [0.2, 0.25) is 5.69 Å². The van der Waals surface area contributed by atoms with Gasteiger partial charge in [0.25, 0.3) is 0 Å². The highest BCUT2D eigenvalue weighted by atomic mass is 15.1. The third-order valence-electron chi connectivity index (χ3n) is 9.01. The lowest BCUT2D eigenvalue weighted by Crippen LogP contribution is -2.08. The summed E-state index contributed by atoms with van der Waals surface area (Å²) in [6, 6.07) is 19.5. The molecule has 49 heavy (non-hydrogen) atoms. The summed E-state index contributed by atoms with van der Waals surface area (Å²) in [6.07, 6.45) is 0. The minimum atomic E-state index is -0.198. The Kier molecular flexibility index (Phi) is 3.69. The van der Waals surface area contributed by atoms with Crippen molar-refractivity contribution in [3.63, 3.8) is 0 Å². The van der Waals surface area contributed by atoms with Gasteiger partial charge in [-0.2, -0.15) is 5.26 Å². The Bertz CT molecular complexity index is 3400. The van der Waals surface area contributed by atoms with Crippen molar-refractivity contribution in [1.82, 2.24) is 13.7 Å². The molecule has 0 radical (unpaired) electrons. The molecule has 0 amide bonds. The van der Waals surface area contributed by atoms with Crippen LogP contribution in [0, 0.1) is 17.9 Å². The summed E-state index contributed by atoms with van der Waals surface area (Å²) < 4.78 is 111. The number of para-hydroxylation sites is 6. The van der Waals surface area contributed by atoms with Gasteiger partial charge in [0.05, 0.1) is 78.7 Å². The van der Waals surface area contributed by atoms with Crippen molar-refractivity contribution in [2.45, 2.75) is 0 Å². The Morgan fingerprint density at radius 1 is 0.510 bits per heavy atom. The molecule has 10 rings (SSSR count). The lowest BCUT2D eigenvalue weighted by molar-refractivity contribution is 1.09. The van der Waals surface area contributed by atoms with E-state index in [0.29, 0.717) is 0 Å². The van der Waals surface area contributed by atoms with E-state index < -0.39 is 0 Å². The first-order chi connectivity index (χ1) is 29.1. The van der Waals surface area contributed by atoms with Gasteiger partial charge >= 0.3 is 0 Å². The van der Waals surface area contributed by atoms with E-state index in [0.717, 1.165) is 0 Å². The maximum Gasteiger partial charge on any atom is 0.235 e. The Morgan fingerprint density at radius 3 is 1.16 bits per heavy atom. The van der Waals surface area contributed by atoms with E-state index in [-0.39, 0.29) is 166 Å². The molecular weight excluding hydrogens is 599 g/mol. The van der Waals surface area contributed by atoms with Crippen LogP contribution in [-0.2, 0) is 0 Å². The molecule has 7 aromatic carbocycles. The predicted molar refractivity (Wildman–Crippen MR) is 200 cm³/mol. The van der Waals surface area contributed by atoms with E-state index >= 15 is 0 Å². The van der Waals surface area contributed by atoms with Gasteiger partial charge in [-0.25, -0.2) is 4.85 Å². The quantitative estimate of drug-likeness (QED) is 0.178. The van der Waals surface area contributed by atoms with Crippen LogP contribution in [0.25, 0.3) is 87.3 Å². The summed E-state index contributed by atoms with van der Waals surface area (Å²) in [5.41, 5.74) is 0.879. The molecule has 0 spiro atoms. The molecule has 3 heterocycles. The highest BCUT2D eigenvalue weighted by Crippen LogP contribution is 2.46. The first-order valence-electron chi connectivity index (χ1n) is 21.2. The van der Waals surface area contributed by atoms with Crippen molar-refractivity contribution in [3.8, 4) is 23.1 Å². The molecule has 0 saturated carbocycles. The molecule has 0 aliphatic carbocycles. The summed E-state index contributed by atoms with van der Waals surface area (Å²) in [7, 11) is 0. The zero-order valence-corrected chi connectivity index (χ0v) is 25.2. The molecule has 0 aliphatic heterocycles. The normalized spacial score (nSPS) is 15.1. The summed E-state index contributed by atoms with van der Waals surface area (Å²) in [5, 5.41) is 13.0. The fourth-order valence-corrected chi connectivity index (χ4v) is 7.11. The molecule has 5 nitrogen and oxygen atoms in total. The van der Waals surface area contributed by atoms with Crippen molar-refractivity contribution in [3.05, 3.63) is 168 Å². The fourth-order valence-electron chi connectivity index (χ4n) is 7.11. The molecular formula is C44H25N5. The van der Waals surface area contributed by atoms with Crippen LogP contribution in [0.3, 0.4) is 0 Å². The highest BCUT2D eigenvalue weighted by Gasteiger charge is 2.28. The summed E-state index contributed by atoms with van der Waals surface area (Å²) in [4.78, 5) is 4.05. The van der Waals surface area contributed by atoms with Gasteiger partial charge in [0.1, 0.15) is 6.07 Å². The number of nitriles is 1. The van der Waals surface area contributed by atoms with Crippen LogP contribution < -0.4 is 0 Å². The first kappa shape index (κ1) is 17.7. The van der Waals surface area contributed by atoms with Crippen molar-refractivity contribution in [1.29, 1.82) is 5.26 Å². The number of rotatable bonds is 3. The molecule has 0 atom stereocenters. The number of nitrogens with zero attached hydrogens (tertiary/aromatic N) is 5. The number of hydrogen-bond acceptors (Lipinski definition) is 1. The monoisotopic (exact) mass is 635 g/mol. The molecule has 0 bridgehead atoms. The third-order valence-corrected chi connectivity index (χ3v) is 9.01. The summed E-state index contributed by atoms with van der Waals surface area (Å²) in [5.74, 6) is 0. The second-order valence-electron chi connectivity index (χ2n) is 11.4. The molecule has 5 heteroatoms. The van der Waals surface area contributed by atoms with Gasteiger partial charge in [-0.05, 0) is 42.5 Å². The second-order valence-corrected chi connectivity index (χ2v) is 11.4. The molecule has 3 aromatic heterocycles. The van der Waals surface area contributed by atoms with Crippen LogP contribution in [0.4, 0.5) is 5.69 Å². The molecule has 226 valence electrons. The lowest BCUT2D eigenvalue weighted by Gasteiger charge is -2.21. The fraction of sp³-hybridized carbons (Fsp3) is 0. The standard InChI is InChI=1S/C44H25N5/c1-46-43-42(48-37-22-10-4-16-30(37)31-17-5-11-23-38(31)48)26-41(47-35-20-8-2-14-28(35)29-15-3-9-21-36(29)47)34(27-45)44(43)49-39-24-12-6-18-32(39)33-19-7-13-25-40(33)49/h2-26H/i8D,9D,10D,11D,12D,13D,14D,15D,16D,17D,18D,19D. The summed E-state index contributed by atoms with van der Waals surface area (Å²) in [6.45, 7) is 8.88. The second kappa shape index (κ2) is 10.2. The van der Waals surface area contributed by atoms with E-state index in [4.69, 9.17) is 23.0 Å². The van der Waals surface area contributed by atoms with E-state index in [1.54, 1.807) is 9.13 Å². The molecule has 0 unspecified atom stereocenters.